The maximum Gasteiger partial charge on any atom is 0.160 e. The van der Waals surface area contributed by atoms with E-state index in [0.717, 1.165) is 28.1 Å². The van der Waals surface area contributed by atoms with Gasteiger partial charge in [0, 0.05) is 18.6 Å². The molecule has 3 aromatic rings. The van der Waals surface area contributed by atoms with Gasteiger partial charge in [-0.3, -0.25) is 4.98 Å². The van der Waals surface area contributed by atoms with Crippen molar-refractivity contribution in [3.63, 3.8) is 0 Å². The number of rotatable bonds is 3. The molecule has 1 unspecified atom stereocenters. The van der Waals surface area contributed by atoms with E-state index in [1.54, 1.807) is 12.4 Å². The van der Waals surface area contributed by atoms with Crippen LogP contribution in [0.1, 0.15) is 29.3 Å². The van der Waals surface area contributed by atoms with Crippen molar-refractivity contribution >= 4 is 22.8 Å². The Morgan fingerprint density at radius 2 is 1.95 bits per heavy atom. The SMILES string of the molecule is Cc1ccnc2c1nc(C(C)Cl)n2Cc1ccncc1. The molecule has 3 heterocycles. The van der Waals surface area contributed by atoms with Crippen LogP contribution in [0.4, 0.5) is 0 Å². The third kappa shape index (κ3) is 2.27. The molecule has 102 valence electrons. The van der Waals surface area contributed by atoms with Gasteiger partial charge in [0.1, 0.15) is 11.3 Å². The summed E-state index contributed by atoms with van der Waals surface area (Å²) in [5.74, 6) is 0.847. The summed E-state index contributed by atoms with van der Waals surface area (Å²) in [5.41, 5.74) is 4.07. The van der Waals surface area contributed by atoms with Crippen molar-refractivity contribution in [2.24, 2.45) is 0 Å². The predicted molar refractivity (Wildman–Crippen MR) is 79.9 cm³/mol. The molecule has 0 saturated heterocycles. The first-order valence-electron chi connectivity index (χ1n) is 6.51. The van der Waals surface area contributed by atoms with Crippen LogP contribution in [0.25, 0.3) is 11.2 Å². The van der Waals surface area contributed by atoms with Crippen LogP contribution >= 0.6 is 11.6 Å². The van der Waals surface area contributed by atoms with E-state index >= 15 is 0 Å². The smallest absolute Gasteiger partial charge is 0.160 e. The summed E-state index contributed by atoms with van der Waals surface area (Å²) in [7, 11) is 0. The minimum absolute atomic E-state index is 0.162. The zero-order chi connectivity index (χ0) is 14.1. The fraction of sp³-hybridized carbons (Fsp3) is 0.267. The second-order valence-electron chi connectivity index (χ2n) is 4.83. The first kappa shape index (κ1) is 13.1. The molecule has 5 heteroatoms. The Labute approximate surface area is 122 Å². The molecule has 3 aromatic heterocycles. The van der Waals surface area contributed by atoms with Crippen LogP contribution in [-0.4, -0.2) is 19.5 Å². The zero-order valence-corrected chi connectivity index (χ0v) is 12.2. The van der Waals surface area contributed by atoms with Crippen LogP contribution in [-0.2, 0) is 6.54 Å². The monoisotopic (exact) mass is 286 g/mol. The number of pyridine rings is 2. The molecule has 20 heavy (non-hydrogen) atoms. The summed E-state index contributed by atoms with van der Waals surface area (Å²) in [5, 5.41) is -0.162. The minimum atomic E-state index is -0.162. The maximum atomic E-state index is 6.27. The summed E-state index contributed by atoms with van der Waals surface area (Å²) < 4.78 is 2.08. The lowest BCUT2D eigenvalue weighted by Gasteiger charge is -2.09. The highest BCUT2D eigenvalue weighted by molar-refractivity contribution is 6.20. The minimum Gasteiger partial charge on any atom is -0.307 e. The van der Waals surface area contributed by atoms with Crippen molar-refractivity contribution < 1.29 is 0 Å². The second-order valence-corrected chi connectivity index (χ2v) is 5.48. The standard InChI is InChI=1S/C15H15ClN4/c1-10-3-8-18-15-13(10)19-14(11(2)16)20(15)9-12-4-6-17-7-5-12/h3-8,11H,9H2,1-2H3. The van der Waals surface area contributed by atoms with E-state index in [-0.39, 0.29) is 5.38 Å². The molecule has 0 saturated carbocycles. The lowest BCUT2D eigenvalue weighted by atomic mass is 10.2. The molecule has 0 bridgehead atoms. The molecule has 0 spiro atoms. The van der Waals surface area contributed by atoms with Crippen LogP contribution in [0, 0.1) is 6.92 Å². The molecule has 0 radical (unpaired) electrons. The average molecular weight is 287 g/mol. The molecule has 0 aliphatic rings. The molecule has 0 aliphatic heterocycles. The fourth-order valence-electron chi connectivity index (χ4n) is 2.29. The summed E-state index contributed by atoms with van der Waals surface area (Å²) in [6, 6.07) is 5.95. The highest BCUT2D eigenvalue weighted by atomic mass is 35.5. The molecule has 4 nitrogen and oxygen atoms in total. The number of alkyl halides is 1. The molecule has 1 atom stereocenters. The summed E-state index contributed by atoms with van der Waals surface area (Å²) in [4.78, 5) is 13.2. The number of hydrogen-bond donors (Lipinski definition) is 0. The van der Waals surface area contributed by atoms with Gasteiger partial charge in [0.05, 0.1) is 11.9 Å². The number of imidazole rings is 1. The molecule has 0 aromatic carbocycles. The Morgan fingerprint density at radius 3 is 2.65 bits per heavy atom. The highest BCUT2D eigenvalue weighted by Gasteiger charge is 2.17. The Balaban J connectivity index is 2.17. The van der Waals surface area contributed by atoms with Gasteiger partial charge in [0.2, 0.25) is 0 Å². The number of aryl methyl sites for hydroxylation is 1. The van der Waals surface area contributed by atoms with Crippen molar-refractivity contribution in [3.8, 4) is 0 Å². The van der Waals surface area contributed by atoms with Gasteiger partial charge in [0.15, 0.2) is 5.65 Å². The number of halogens is 1. The van der Waals surface area contributed by atoms with Crippen molar-refractivity contribution in [1.82, 2.24) is 19.5 Å². The zero-order valence-electron chi connectivity index (χ0n) is 11.4. The van der Waals surface area contributed by atoms with Gasteiger partial charge >= 0.3 is 0 Å². The van der Waals surface area contributed by atoms with E-state index in [1.807, 2.05) is 38.2 Å². The van der Waals surface area contributed by atoms with E-state index in [2.05, 4.69) is 19.5 Å². The third-order valence-electron chi connectivity index (χ3n) is 3.31. The Morgan fingerprint density at radius 1 is 1.20 bits per heavy atom. The van der Waals surface area contributed by atoms with Crippen molar-refractivity contribution in [3.05, 3.63) is 53.7 Å². The lowest BCUT2D eigenvalue weighted by molar-refractivity contribution is 0.735. The first-order valence-corrected chi connectivity index (χ1v) is 6.95. The molecule has 0 N–H and O–H groups in total. The Hall–Kier alpha value is -1.94. The van der Waals surface area contributed by atoms with Gasteiger partial charge in [0.25, 0.3) is 0 Å². The highest BCUT2D eigenvalue weighted by Crippen LogP contribution is 2.25. The number of nitrogens with zero attached hydrogens (tertiary/aromatic N) is 4. The van der Waals surface area contributed by atoms with Crippen LogP contribution in [0.2, 0.25) is 0 Å². The quantitative estimate of drug-likeness (QED) is 0.692. The van der Waals surface area contributed by atoms with Crippen molar-refractivity contribution in [1.29, 1.82) is 0 Å². The van der Waals surface area contributed by atoms with E-state index in [9.17, 15) is 0 Å². The van der Waals surface area contributed by atoms with Crippen molar-refractivity contribution in [2.45, 2.75) is 25.8 Å². The van der Waals surface area contributed by atoms with Crippen LogP contribution in [0.3, 0.4) is 0 Å². The normalized spacial score (nSPS) is 12.8. The van der Waals surface area contributed by atoms with E-state index in [4.69, 9.17) is 11.6 Å². The second kappa shape index (κ2) is 5.21. The first-order chi connectivity index (χ1) is 9.66. The van der Waals surface area contributed by atoms with Gasteiger partial charge < -0.3 is 4.57 Å². The number of aromatic nitrogens is 4. The molecule has 0 fully saturated rings. The van der Waals surface area contributed by atoms with Gasteiger partial charge in [-0.05, 0) is 43.2 Å². The summed E-state index contributed by atoms with van der Waals surface area (Å²) >= 11 is 6.27. The molecular formula is C15H15ClN4. The lowest BCUT2D eigenvalue weighted by Crippen LogP contribution is -2.06. The number of fused-ring (bicyclic) bond motifs is 1. The average Bonchev–Trinajstić information content (AvgIpc) is 2.81. The molecule has 0 aliphatic carbocycles. The fourth-order valence-corrected chi connectivity index (χ4v) is 2.45. The van der Waals surface area contributed by atoms with Gasteiger partial charge in [-0.15, -0.1) is 11.6 Å². The summed E-state index contributed by atoms with van der Waals surface area (Å²) in [6.07, 6.45) is 5.39. The summed E-state index contributed by atoms with van der Waals surface area (Å²) in [6.45, 7) is 4.67. The van der Waals surface area contributed by atoms with Crippen LogP contribution in [0.15, 0.2) is 36.8 Å². The Bertz CT molecular complexity index is 734. The predicted octanol–water partition coefficient (Wildman–Crippen LogP) is 3.48. The van der Waals surface area contributed by atoms with E-state index in [1.165, 1.54) is 0 Å². The topological polar surface area (TPSA) is 43.6 Å². The molecule has 3 rings (SSSR count). The van der Waals surface area contributed by atoms with Crippen molar-refractivity contribution in [2.75, 3.05) is 0 Å². The van der Waals surface area contributed by atoms with Gasteiger partial charge in [-0.25, -0.2) is 9.97 Å². The van der Waals surface area contributed by atoms with E-state index in [0.29, 0.717) is 6.54 Å². The number of hydrogen-bond acceptors (Lipinski definition) is 3. The third-order valence-corrected chi connectivity index (χ3v) is 3.51. The van der Waals surface area contributed by atoms with Crippen LogP contribution in [0.5, 0.6) is 0 Å². The van der Waals surface area contributed by atoms with E-state index < -0.39 is 0 Å². The molecule has 0 amide bonds. The van der Waals surface area contributed by atoms with Crippen LogP contribution < -0.4 is 0 Å². The van der Waals surface area contributed by atoms with Gasteiger partial charge in [-0.2, -0.15) is 0 Å². The molecular weight excluding hydrogens is 272 g/mol. The van der Waals surface area contributed by atoms with Gasteiger partial charge in [-0.1, -0.05) is 0 Å². The maximum absolute atomic E-state index is 6.27. The Kier molecular flexibility index (Phi) is 3.40. The largest absolute Gasteiger partial charge is 0.307 e.